The fraction of sp³-hybridized carbons (Fsp3) is 0.714. The second kappa shape index (κ2) is 6.56. The molecule has 3 heterocycles. The lowest BCUT2D eigenvalue weighted by Gasteiger charge is -2.34. The number of likely N-dealkylation sites (tertiary alicyclic amines) is 1. The summed E-state index contributed by atoms with van der Waals surface area (Å²) in [5, 5.41) is 3.54. The summed E-state index contributed by atoms with van der Waals surface area (Å²) < 4.78 is 35.1. The molecule has 0 unspecified atom stereocenters. The highest BCUT2D eigenvalue weighted by atomic mass is 32.3. The van der Waals surface area contributed by atoms with Gasteiger partial charge < -0.3 is 10.2 Å². The van der Waals surface area contributed by atoms with Gasteiger partial charge in [-0.25, -0.2) is 4.79 Å². The molecule has 0 radical (unpaired) electrons. The van der Waals surface area contributed by atoms with Gasteiger partial charge in [-0.2, -0.15) is 13.5 Å². The summed E-state index contributed by atoms with van der Waals surface area (Å²) >= 11 is 0. The number of rotatable bonds is 4. The van der Waals surface area contributed by atoms with Crippen LogP contribution in [-0.4, -0.2) is 78.0 Å². The summed E-state index contributed by atoms with van der Waals surface area (Å²) in [6.07, 6.45) is 2.36. The number of nitrogens with zero attached hydrogens (tertiary/aromatic N) is 3. The summed E-state index contributed by atoms with van der Waals surface area (Å²) in [5.74, 6) is -0.281. The van der Waals surface area contributed by atoms with Crippen molar-refractivity contribution in [2.45, 2.75) is 43.8 Å². The van der Waals surface area contributed by atoms with Gasteiger partial charge in [-0.05, 0) is 45.8 Å². The van der Waals surface area contributed by atoms with Gasteiger partial charge in [0, 0.05) is 11.7 Å². The molecule has 3 saturated heterocycles. The lowest BCUT2D eigenvalue weighted by Crippen LogP contribution is -2.52. The lowest BCUT2D eigenvalue weighted by atomic mass is 9.97. The maximum atomic E-state index is 12.6. The Morgan fingerprint density at radius 1 is 1.28 bits per heavy atom. The molecule has 11 heteroatoms. The molecule has 3 aliphatic rings. The molecular formula is C14H22N4O6S. The first-order valence-corrected chi connectivity index (χ1v) is 9.51. The van der Waals surface area contributed by atoms with Crippen LogP contribution in [0.2, 0.25) is 0 Å². The number of piperidine rings is 2. The van der Waals surface area contributed by atoms with E-state index < -0.39 is 28.5 Å². The fourth-order valence-electron chi connectivity index (χ4n) is 3.60. The van der Waals surface area contributed by atoms with E-state index in [1.807, 2.05) is 7.05 Å². The van der Waals surface area contributed by atoms with E-state index in [0.717, 1.165) is 30.8 Å². The summed E-state index contributed by atoms with van der Waals surface area (Å²) in [6, 6.07) is -2.22. The molecule has 0 aromatic heterocycles. The molecule has 3 aliphatic heterocycles. The van der Waals surface area contributed by atoms with Crippen LogP contribution in [0.25, 0.3) is 0 Å². The van der Waals surface area contributed by atoms with Gasteiger partial charge >= 0.3 is 16.4 Å². The standard InChI is InChI=1S/C14H22N4O6S/c1-9-11-3-4-12(13(19)15-10-5-7-16(2)8-6-10)17(9)14(20)18(11)24-25(21,22)23/h10-12H,1,3-8H2,2H3,(H,15,19)(H,21,22,23)/t11-,12+/m1/s1. The third kappa shape index (κ3) is 3.64. The zero-order valence-electron chi connectivity index (χ0n) is 13.9. The van der Waals surface area contributed by atoms with Crippen molar-refractivity contribution in [1.29, 1.82) is 0 Å². The quantitative estimate of drug-likeness (QED) is 0.649. The second-order valence-electron chi connectivity index (χ2n) is 6.67. The molecule has 3 rings (SSSR count). The SMILES string of the molecule is C=C1[C@H]2CC[C@@H](C(=O)NC3CCN(C)CC3)N1C(=O)N2OS(=O)(=O)O. The van der Waals surface area contributed by atoms with Crippen LogP contribution in [-0.2, 0) is 19.5 Å². The van der Waals surface area contributed by atoms with Crippen LogP contribution >= 0.6 is 0 Å². The van der Waals surface area contributed by atoms with E-state index in [1.165, 1.54) is 0 Å². The van der Waals surface area contributed by atoms with Crippen LogP contribution in [0.1, 0.15) is 25.7 Å². The Morgan fingerprint density at radius 3 is 2.52 bits per heavy atom. The Kier molecular flexibility index (Phi) is 4.75. The Morgan fingerprint density at radius 2 is 1.92 bits per heavy atom. The predicted molar refractivity (Wildman–Crippen MR) is 86.3 cm³/mol. The topological polar surface area (TPSA) is 119 Å². The zero-order chi connectivity index (χ0) is 18.4. The van der Waals surface area contributed by atoms with Gasteiger partial charge in [-0.3, -0.25) is 14.2 Å². The van der Waals surface area contributed by atoms with Crippen LogP contribution in [0.4, 0.5) is 4.79 Å². The van der Waals surface area contributed by atoms with E-state index in [9.17, 15) is 18.0 Å². The predicted octanol–water partition coefficient (Wildman–Crippen LogP) is -0.286. The van der Waals surface area contributed by atoms with E-state index in [0.29, 0.717) is 23.6 Å². The van der Waals surface area contributed by atoms with Crippen molar-refractivity contribution in [3.8, 4) is 0 Å². The average molecular weight is 374 g/mol. The number of carbonyl (C=O) groups is 2. The maximum absolute atomic E-state index is 12.6. The number of nitrogens with one attached hydrogen (secondary N) is 1. The van der Waals surface area contributed by atoms with Crippen LogP contribution in [0.3, 0.4) is 0 Å². The number of hydrogen-bond acceptors (Lipinski definition) is 6. The van der Waals surface area contributed by atoms with Gasteiger partial charge in [0.1, 0.15) is 12.1 Å². The number of urea groups is 1. The molecule has 3 amide bonds. The highest BCUT2D eigenvalue weighted by Crippen LogP contribution is 2.37. The van der Waals surface area contributed by atoms with Gasteiger partial charge in [0.25, 0.3) is 0 Å². The fourth-order valence-corrected chi connectivity index (χ4v) is 3.97. The first-order valence-electron chi connectivity index (χ1n) is 8.14. The molecule has 2 bridgehead atoms. The third-order valence-electron chi connectivity index (χ3n) is 4.94. The van der Waals surface area contributed by atoms with Crippen molar-refractivity contribution in [3.05, 3.63) is 12.3 Å². The minimum absolute atomic E-state index is 0.0533. The molecule has 0 saturated carbocycles. The molecule has 0 aromatic carbocycles. The number of amides is 3. The third-order valence-corrected chi connectivity index (χ3v) is 5.29. The molecule has 2 atom stereocenters. The molecule has 2 N–H and O–H groups in total. The maximum Gasteiger partial charge on any atom is 0.418 e. The van der Waals surface area contributed by atoms with E-state index in [1.54, 1.807) is 0 Å². The van der Waals surface area contributed by atoms with E-state index in [2.05, 4.69) is 21.1 Å². The van der Waals surface area contributed by atoms with E-state index in [4.69, 9.17) is 4.55 Å². The normalized spacial score (nSPS) is 28.6. The van der Waals surface area contributed by atoms with Gasteiger partial charge in [-0.1, -0.05) is 6.58 Å². The minimum atomic E-state index is -4.84. The van der Waals surface area contributed by atoms with Gasteiger partial charge in [0.2, 0.25) is 5.91 Å². The Labute approximate surface area is 146 Å². The van der Waals surface area contributed by atoms with Crippen LogP contribution in [0.15, 0.2) is 12.3 Å². The average Bonchev–Trinajstić information content (AvgIpc) is 2.66. The van der Waals surface area contributed by atoms with E-state index >= 15 is 0 Å². The summed E-state index contributed by atoms with van der Waals surface area (Å²) in [7, 11) is -2.81. The Bertz CT molecular complexity index is 687. The number of carbonyl (C=O) groups excluding carboxylic acids is 2. The van der Waals surface area contributed by atoms with Gasteiger partial charge in [0.05, 0.1) is 0 Å². The van der Waals surface area contributed by atoms with Crippen molar-refractivity contribution >= 4 is 22.3 Å². The molecule has 0 aliphatic carbocycles. The summed E-state index contributed by atoms with van der Waals surface area (Å²) in [6.45, 7) is 5.56. The van der Waals surface area contributed by atoms with Crippen molar-refractivity contribution in [2.24, 2.45) is 0 Å². The number of fused-ring (bicyclic) bond motifs is 2. The van der Waals surface area contributed by atoms with Crippen molar-refractivity contribution in [3.63, 3.8) is 0 Å². The van der Waals surface area contributed by atoms with Gasteiger partial charge in [0.15, 0.2) is 0 Å². The molecule has 3 fully saturated rings. The van der Waals surface area contributed by atoms with Crippen LogP contribution < -0.4 is 5.32 Å². The van der Waals surface area contributed by atoms with Crippen molar-refractivity contribution < 1.29 is 26.8 Å². The summed E-state index contributed by atoms with van der Waals surface area (Å²) in [5.41, 5.74) is 0.295. The Hall–Kier alpha value is -1.69. The summed E-state index contributed by atoms with van der Waals surface area (Å²) in [4.78, 5) is 28.4. The number of hydroxylamine groups is 2. The second-order valence-corrected chi connectivity index (χ2v) is 7.67. The lowest BCUT2D eigenvalue weighted by molar-refractivity contribution is -0.126. The Balaban J connectivity index is 1.69. The van der Waals surface area contributed by atoms with Gasteiger partial charge in [-0.15, -0.1) is 4.28 Å². The first-order chi connectivity index (χ1) is 11.7. The molecule has 0 spiro atoms. The van der Waals surface area contributed by atoms with Crippen LogP contribution in [0.5, 0.6) is 0 Å². The molecule has 25 heavy (non-hydrogen) atoms. The molecule has 10 nitrogen and oxygen atoms in total. The van der Waals surface area contributed by atoms with Crippen molar-refractivity contribution in [2.75, 3.05) is 20.1 Å². The highest BCUT2D eigenvalue weighted by Gasteiger charge is 2.52. The molecule has 0 aromatic rings. The van der Waals surface area contributed by atoms with Crippen molar-refractivity contribution in [1.82, 2.24) is 20.2 Å². The largest absolute Gasteiger partial charge is 0.418 e. The first kappa shape index (κ1) is 18.1. The van der Waals surface area contributed by atoms with E-state index in [-0.39, 0.29) is 11.9 Å². The molecule has 140 valence electrons. The zero-order valence-corrected chi connectivity index (χ0v) is 14.7. The smallest absolute Gasteiger partial charge is 0.351 e. The monoisotopic (exact) mass is 374 g/mol. The molecular weight excluding hydrogens is 352 g/mol. The number of hydrogen-bond donors (Lipinski definition) is 2. The minimum Gasteiger partial charge on any atom is -0.351 e. The van der Waals surface area contributed by atoms with Crippen LogP contribution in [0, 0.1) is 0 Å². The highest BCUT2D eigenvalue weighted by molar-refractivity contribution is 7.80.